The Morgan fingerprint density at radius 1 is 1.47 bits per heavy atom. The molecule has 0 amide bonds. The maximum Gasteiger partial charge on any atom is 0.331 e. The second-order valence-electron chi connectivity index (χ2n) is 3.31. The van der Waals surface area contributed by atoms with Crippen LogP contribution in [0.15, 0.2) is 28.7 Å². The second kappa shape index (κ2) is 6.30. The Hall–Kier alpha value is -1.49. The van der Waals surface area contributed by atoms with Crippen molar-refractivity contribution < 1.29 is 18.7 Å². The first-order valence-corrected chi connectivity index (χ1v) is 5.57. The molecule has 1 rings (SSSR count). The lowest BCUT2D eigenvalue weighted by Crippen LogP contribution is -2.08. The molecule has 17 heavy (non-hydrogen) atoms. The third kappa shape index (κ3) is 4.91. The molecule has 0 saturated carbocycles. The van der Waals surface area contributed by atoms with E-state index in [4.69, 9.17) is 0 Å². The summed E-state index contributed by atoms with van der Waals surface area (Å²) in [6.07, 6.45) is 2.37. The molecule has 0 aliphatic carbocycles. The maximum atomic E-state index is 13.3. The maximum absolute atomic E-state index is 13.3. The number of esters is 1. The van der Waals surface area contributed by atoms with Crippen molar-refractivity contribution in [1.29, 1.82) is 0 Å². The van der Waals surface area contributed by atoms with E-state index in [2.05, 4.69) is 20.7 Å². The van der Waals surface area contributed by atoms with Crippen LogP contribution in [0.25, 0.3) is 6.08 Å². The van der Waals surface area contributed by atoms with Crippen molar-refractivity contribution in [1.82, 2.24) is 0 Å². The Balaban J connectivity index is 2.67. The van der Waals surface area contributed by atoms with Crippen LogP contribution >= 0.6 is 15.9 Å². The number of rotatable bonds is 4. The predicted molar refractivity (Wildman–Crippen MR) is 64.8 cm³/mol. The number of hydrogen-bond donors (Lipinski definition) is 0. The van der Waals surface area contributed by atoms with Crippen molar-refractivity contribution in [3.63, 3.8) is 0 Å². The highest BCUT2D eigenvalue weighted by Gasteiger charge is 2.02. The zero-order valence-corrected chi connectivity index (χ0v) is 10.7. The fourth-order valence-corrected chi connectivity index (χ4v) is 1.40. The molecule has 0 unspecified atom stereocenters. The van der Waals surface area contributed by atoms with E-state index in [0.717, 1.165) is 6.08 Å². The normalized spacial score (nSPS) is 10.5. The number of Topliss-reactive ketones (excluding diaryl/α,β-unsaturated/α-hetero) is 1. The third-order valence-electron chi connectivity index (χ3n) is 1.77. The van der Waals surface area contributed by atoms with Crippen molar-refractivity contribution in [2.75, 3.05) is 6.61 Å². The molecule has 0 aliphatic rings. The molecule has 1 aromatic carbocycles. The van der Waals surface area contributed by atoms with Gasteiger partial charge in [0.25, 0.3) is 0 Å². The Morgan fingerprint density at radius 3 is 2.82 bits per heavy atom. The van der Waals surface area contributed by atoms with Gasteiger partial charge in [-0.25, -0.2) is 9.18 Å². The van der Waals surface area contributed by atoms with Gasteiger partial charge in [0.05, 0.1) is 0 Å². The number of hydrogen-bond acceptors (Lipinski definition) is 3. The molecule has 90 valence electrons. The average Bonchev–Trinajstić information content (AvgIpc) is 2.27. The first-order chi connectivity index (χ1) is 7.99. The van der Waals surface area contributed by atoms with Gasteiger partial charge in [0, 0.05) is 16.1 Å². The van der Waals surface area contributed by atoms with Gasteiger partial charge in [-0.05, 0) is 31.2 Å². The summed E-state index contributed by atoms with van der Waals surface area (Å²) in [4.78, 5) is 21.7. The largest absolute Gasteiger partial charge is 0.455 e. The fourth-order valence-electron chi connectivity index (χ4n) is 1.02. The molecule has 0 aromatic heterocycles. The van der Waals surface area contributed by atoms with Gasteiger partial charge in [-0.1, -0.05) is 15.9 Å². The molecule has 5 heteroatoms. The summed E-state index contributed by atoms with van der Waals surface area (Å²) in [6.45, 7) is 1.04. The number of benzene rings is 1. The minimum Gasteiger partial charge on any atom is -0.455 e. The standard InChI is InChI=1S/C12H10BrFO3/c1-8(15)7-17-12(16)5-2-9-6-10(13)3-4-11(9)14/h2-6H,7H2,1H3. The minimum absolute atomic E-state index is 0.250. The van der Waals surface area contributed by atoms with Crippen LogP contribution in [0.1, 0.15) is 12.5 Å². The van der Waals surface area contributed by atoms with Gasteiger partial charge in [0.2, 0.25) is 0 Å². The highest BCUT2D eigenvalue weighted by molar-refractivity contribution is 9.10. The number of ether oxygens (including phenoxy) is 1. The van der Waals surface area contributed by atoms with Crippen LogP contribution in [0.3, 0.4) is 0 Å². The van der Waals surface area contributed by atoms with Gasteiger partial charge in [-0.15, -0.1) is 0 Å². The quantitative estimate of drug-likeness (QED) is 0.634. The molecule has 0 bridgehead atoms. The topological polar surface area (TPSA) is 43.4 Å². The van der Waals surface area contributed by atoms with Gasteiger partial charge < -0.3 is 4.74 Å². The van der Waals surface area contributed by atoms with Crippen LogP contribution in [0.4, 0.5) is 4.39 Å². The summed E-state index contributed by atoms with van der Waals surface area (Å²) >= 11 is 3.19. The van der Waals surface area contributed by atoms with E-state index < -0.39 is 11.8 Å². The lowest BCUT2D eigenvalue weighted by atomic mass is 10.2. The van der Waals surface area contributed by atoms with E-state index in [0.29, 0.717) is 4.47 Å². The smallest absolute Gasteiger partial charge is 0.331 e. The van der Waals surface area contributed by atoms with Gasteiger partial charge in [-0.2, -0.15) is 0 Å². The van der Waals surface area contributed by atoms with Crippen molar-refractivity contribution in [2.45, 2.75) is 6.92 Å². The summed E-state index contributed by atoms with van der Waals surface area (Å²) < 4.78 is 18.5. The number of halogens is 2. The van der Waals surface area contributed by atoms with Crippen molar-refractivity contribution in [3.8, 4) is 0 Å². The Kier molecular flexibility index (Phi) is 5.03. The van der Waals surface area contributed by atoms with Crippen molar-refractivity contribution in [3.05, 3.63) is 40.1 Å². The van der Waals surface area contributed by atoms with Gasteiger partial charge >= 0.3 is 5.97 Å². The molecule has 1 aromatic rings. The molecule has 0 spiro atoms. The summed E-state index contributed by atoms with van der Waals surface area (Å²) in [7, 11) is 0. The Labute approximate surface area is 106 Å². The van der Waals surface area contributed by atoms with E-state index in [1.807, 2.05) is 0 Å². The number of ketones is 1. The lowest BCUT2D eigenvalue weighted by Gasteiger charge is -1.99. The predicted octanol–water partition coefficient (Wildman–Crippen LogP) is 2.73. The molecular formula is C12H10BrFO3. The van der Waals surface area contributed by atoms with E-state index >= 15 is 0 Å². The molecule has 0 heterocycles. The molecule has 0 fully saturated rings. The van der Waals surface area contributed by atoms with Crippen molar-refractivity contribution in [2.24, 2.45) is 0 Å². The van der Waals surface area contributed by atoms with Crippen molar-refractivity contribution >= 4 is 33.8 Å². The molecule has 0 saturated heterocycles. The molecule has 0 atom stereocenters. The summed E-state index contributed by atoms with van der Waals surface area (Å²) in [5, 5.41) is 0. The highest BCUT2D eigenvalue weighted by Crippen LogP contribution is 2.16. The number of carbonyl (C=O) groups excluding carboxylic acids is 2. The van der Waals surface area contributed by atoms with Crippen LogP contribution in [0, 0.1) is 5.82 Å². The second-order valence-corrected chi connectivity index (χ2v) is 4.22. The van der Waals surface area contributed by atoms with E-state index in [9.17, 15) is 14.0 Å². The molecule has 3 nitrogen and oxygen atoms in total. The third-order valence-corrected chi connectivity index (χ3v) is 2.27. The first kappa shape index (κ1) is 13.6. The minimum atomic E-state index is -0.681. The van der Waals surface area contributed by atoms with Crippen LogP contribution in [0.5, 0.6) is 0 Å². The van der Waals surface area contributed by atoms with Gasteiger partial charge in [0.15, 0.2) is 5.78 Å². The molecule has 0 radical (unpaired) electrons. The Bertz CT molecular complexity index is 469. The Morgan fingerprint density at radius 2 is 2.18 bits per heavy atom. The van der Waals surface area contributed by atoms with E-state index in [1.165, 1.54) is 25.1 Å². The summed E-state index contributed by atoms with van der Waals surface area (Å²) in [5.41, 5.74) is 0.263. The monoisotopic (exact) mass is 300 g/mol. The van der Waals surface area contributed by atoms with Crippen LogP contribution < -0.4 is 0 Å². The zero-order valence-electron chi connectivity index (χ0n) is 9.07. The fraction of sp³-hybridized carbons (Fsp3) is 0.167. The summed E-state index contributed by atoms with van der Waals surface area (Å²) in [6, 6.07) is 4.37. The molecule has 0 aliphatic heterocycles. The lowest BCUT2D eigenvalue weighted by molar-refractivity contribution is -0.142. The van der Waals surface area contributed by atoms with Crippen LogP contribution in [-0.2, 0) is 14.3 Å². The van der Waals surface area contributed by atoms with E-state index in [1.54, 1.807) is 6.07 Å². The number of carbonyl (C=O) groups is 2. The molecule has 0 N–H and O–H groups in total. The SMILES string of the molecule is CC(=O)COC(=O)C=Cc1cc(Br)ccc1F. The summed E-state index contributed by atoms with van der Waals surface area (Å²) in [5.74, 6) is -1.37. The zero-order chi connectivity index (χ0) is 12.8. The van der Waals surface area contributed by atoms with Crippen LogP contribution in [-0.4, -0.2) is 18.4 Å². The highest BCUT2D eigenvalue weighted by atomic mass is 79.9. The average molecular weight is 301 g/mol. The van der Waals surface area contributed by atoms with Gasteiger partial charge in [-0.3, -0.25) is 4.79 Å². The van der Waals surface area contributed by atoms with Gasteiger partial charge in [0.1, 0.15) is 12.4 Å². The van der Waals surface area contributed by atoms with Crippen LogP contribution in [0.2, 0.25) is 0 Å². The molecular weight excluding hydrogens is 291 g/mol. The first-order valence-electron chi connectivity index (χ1n) is 4.78. The van der Waals surface area contributed by atoms with E-state index in [-0.39, 0.29) is 18.0 Å².